The zero-order valence-electron chi connectivity index (χ0n) is 14.8. The van der Waals surface area contributed by atoms with E-state index < -0.39 is 0 Å². The van der Waals surface area contributed by atoms with Crippen LogP contribution in [0.5, 0.6) is 11.5 Å². The van der Waals surface area contributed by atoms with Crippen molar-refractivity contribution in [3.05, 3.63) is 58.3 Å². The Labute approximate surface area is 155 Å². The van der Waals surface area contributed by atoms with Gasteiger partial charge in [0.2, 0.25) is 0 Å². The number of methoxy groups -OCH3 is 1. The molecule has 3 rings (SSSR count). The summed E-state index contributed by atoms with van der Waals surface area (Å²) in [5.41, 5.74) is 1.06. The van der Waals surface area contributed by atoms with Crippen molar-refractivity contribution < 1.29 is 14.3 Å². The van der Waals surface area contributed by atoms with E-state index in [9.17, 15) is 4.79 Å². The maximum atomic E-state index is 12.6. The van der Waals surface area contributed by atoms with Gasteiger partial charge in [-0.3, -0.25) is 9.89 Å². The van der Waals surface area contributed by atoms with Gasteiger partial charge in [-0.2, -0.15) is 5.10 Å². The van der Waals surface area contributed by atoms with Gasteiger partial charge in [0.25, 0.3) is 5.91 Å². The van der Waals surface area contributed by atoms with Crippen LogP contribution in [-0.2, 0) is 6.61 Å². The summed E-state index contributed by atoms with van der Waals surface area (Å²) in [6, 6.07) is 8.92. The average Bonchev–Trinajstić information content (AvgIpc) is 3.36. The number of hydrogen-bond donors (Lipinski definition) is 1. The summed E-state index contributed by atoms with van der Waals surface area (Å²) < 4.78 is 10.9. The molecule has 1 N–H and O–H groups in total. The van der Waals surface area contributed by atoms with Crippen LogP contribution in [0, 0.1) is 0 Å². The first-order valence-electron chi connectivity index (χ1n) is 8.06. The van der Waals surface area contributed by atoms with E-state index in [0.717, 1.165) is 10.8 Å². The number of nitrogens with zero attached hydrogens (tertiary/aromatic N) is 3. The molecule has 0 aliphatic rings. The van der Waals surface area contributed by atoms with Crippen LogP contribution in [0.25, 0.3) is 0 Å². The van der Waals surface area contributed by atoms with Gasteiger partial charge in [-0.15, -0.1) is 11.3 Å². The number of nitrogens with one attached hydrogen (secondary N) is 1. The van der Waals surface area contributed by atoms with Crippen molar-refractivity contribution in [1.82, 2.24) is 20.1 Å². The number of aromatic amines is 1. The number of thiazole rings is 1. The van der Waals surface area contributed by atoms with Crippen molar-refractivity contribution in [2.75, 3.05) is 14.2 Å². The number of benzene rings is 1. The standard InChI is InChI=1S/C18H20N4O3S/c1-12(17-19-7-8-26-17)22(2)18(23)16-9-13(20-21-16)11-25-15-6-4-5-14(10-15)24-3/h4-10,12H,11H2,1-3H3,(H,20,21)/t12-/m1/s1. The van der Waals surface area contributed by atoms with E-state index in [2.05, 4.69) is 15.2 Å². The summed E-state index contributed by atoms with van der Waals surface area (Å²) in [7, 11) is 3.35. The second-order valence-electron chi connectivity index (χ2n) is 5.71. The molecule has 0 aliphatic carbocycles. The number of ether oxygens (including phenoxy) is 2. The van der Waals surface area contributed by atoms with Crippen LogP contribution in [0.1, 0.15) is 34.2 Å². The van der Waals surface area contributed by atoms with Gasteiger partial charge in [-0.05, 0) is 25.1 Å². The molecule has 0 radical (unpaired) electrons. The Balaban J connectivity index is 1.62. The van der Waals surface area contributed by atoms with E-state index in [0.29, 0.717) is 17.1 Å². The van der Waals surface area contributed by atoms with E-state index in [1.807, 2.05) is 30.5 Å². The van der Waals surface area contributed by atoms with Crippen molar-refractivity contribution >= 4 is 17.2 Å². The number of aromatic nitrogens is 3. The summed E-state index contributed by atoms with van der Waals surface area (Å²) in [6.45, 7) is 2.22. The molecule has 0 saturated carbocycles. The van der Waals surface area contributed by atoms with Gasteiger partial charge in [-0.25, -0.2) is 4.98 Å². The van der Waals surface area contributed by atoms with Gasteiger partial charge >= 0.3 is 0 Å². The van der Waals surface area contributed by atoms with Gasteiger partial charge < -0.3 is 14.4 Å². The van der Waals surface area contributed by atoms with E-state index >= 15 is 0 Å². The predicted molar refractivity (Wildman–Crippen MR) is 98.5 cm³/mol. The monoisotopic (exact) mass is 372 g/mol. The third kappa shape index (κ3) is 4.02. The SMILES string of the molecule is COc1cccc(OCc2cc(C(=O)N(C)[C@H](C)c3nccs3)n[nH]2)c1. The molecule has 7 nitrogen and oxygen atoms in total. The van der Waals surface area contributed by atoms with Gasteiger partial charge in [0.05, 0.1) is 18.8 Å². The highest BCUT2D eigenvalue weighted by atomic mass is 32.1. The summed E-state index contributed by atoms with van der Waals surface area (Å²) in [5, 5.41) is 9.74. The molecule has 1 atom stereocenters. The van der Waals surface area contributed by atoms with Crippen LogP contribution in [0.3, 0.4) is 0 Å². The molecular weight excluding hydrogens is 352 g/mol. The van der Waals surface area contributed by atoms with Crippen molar-refractivity contribution in [3.8, 4) is 11.5 Å². The van der Waals surface area contributed by atoms with Crippen molar-refractivity contribution in [3.63, 3.8) is 0 Å². The topological polar surface area (TPSA) is 80.3 Å². The number of amides is 1. The maximum Gasteiger partial charge on any atom is 0.274 e. The minimum Gasteiger partial charge on any atom is -0.497 e. The third-order valence-corrected chi connectivity index (χ3v) is 4.94. The Hall–Kier alpha value is -2.87. The van der Waals surface area contributed by atoms with Crippen LogP contribution in [-0.4, -0.2) is 40.1 Å². The molecule has 2 heterocycles. The van der Waals surface area contributed by atoms with Crippen molar-refractivity contribution in [1.29, 1.82) is 0 Å². The average molecular weight is 372 g/mol. The fraction of sp³-hybridized carbons (Fsp3) is 0.278. The lowest BCUT2D eigenvalue weighted by atomic mass is 10.2. The molecule has 1 aromatic carbocycles. The van der Waals surface area contributed by atoms with Gasteiger partial charge in [0.15, 0.2) is 5.69 Å². The predicted octanol–water partition coefficient (Wildman–Crippen LogP) is 3.29. The molecule has 136 valence electrons. The lowest BCUT2D eigenvalue weighted by molar-refractivity contribution is 0.0736. The van der Waals surface area contributed by atoms with Crippen LogP contribution in [0.15, 0.2) is 41.9 Å². The lowest BCUT2D eigenvalue weighted by Gasteiger charge is -2.22. The summed E-state index contributed by atoms with van der Waals surface area (Å²) in [4.78, 5) is 18.5. The minimum atomic E-state index is -0.170. The molecular formula is C18H20N4O3S. The first-order valence-corrected chi connectivity index (χ1v) is 8.94. The smallest absolute Gasteiger partial charge is 0.274 e. The molecule has 1 amide bonds. The number of H-pyrrole nitrogens is 1. The first-order chi connectivity index (χ1) is 12.6. The second kappa shape index (κ2) is 8.01. The summed E-state index contributed by atoms with van der Waals surface area (Å²) in [6.07, 6.45) is 1.73. The van der Waals surface area contributed by atoms with Gasteiger partial charge in [0, 0.05) is 24.7 Å². The highest BCUT2D eigenvalue weighted by molar-refractivity contribution is 7.09. The first kappa shape index (κ1) is 17.9. The molecule has 3 aromatic rings. The molecule has 0 saturated heterocycles. The Morgan fingerprint density at radius 2 is 2.15 bits per heavy atom. The van der Waals surface area contributed by atoms with Crippen molar-refractivity contribution in [2.45, 2.75) is 19.6 Å². The highest BCUT2D eigenvalue weighted by Gasteiger charge is 2.22. The fourth-order valence-corrected chi connectivity index (χ4v) is 3.10. The number of rotatable bonds is 7. The molecule has 0 spiro atoms. The summed E-state index contributed by atoms with van der Waals surface area (Å²) >= 11 is 1.52. The molecule has 26 heavy (non-hydrogen) atoms. The molecule has 2 aromatic heterocycles. The molecule has 0 fully saturated rings. The van der Waals surface area contributed by atoms with Crippen molar-refractivity contribution in [2.24, 2.45) is 0 Å². The third-order valence-electron chi connectivity index (χ3n) is 4.00. The van der Waals surface area contributed by atoms with Crippen LogP contribution in [0.2, 0.25) is 0 Å². The Bertz CT molecular complexity index is 863. The Kier molecular flexibility index (Phi) is 5.52. The van der Waals surface area contributed by atoms with E-state index in [4.69, 9.17) is 9.47 Å². The zero-order valence-corrected chi connectivity index (χ0v) is 15.6. The van der Waals surface area contributed by atoms with E-state index in [1.54, 1.807) is 37.4 Å². The van der Waals surface area contributed by atoms with E-state index in [1.165, 1.54) is 11.3 Å². The molecule has 8 heteroatoms. The Morgan fingerprint density at radius 3 is 2.88 bits per heavy atom. The van der Waals surface area contributed by atoms with Crippen LogP contribution in [0.4, 0.5) is 0 Å². The number of carbonyl (C=O) groups excluding carboxylic acids is 1. The van der Waals surface area contributed by atoms with E-state index in [-0.39, 0.29) is 18.6 Å². The zero-order chi connectivity index (χ0) is 18.5. The second-order valence-corrected chi connectivity index (χ2v) is 6.63. The van der Waals surface area contributed by atoms with Gasteiger partial charge in [0.1, 0.15) is 23.1 Å². The number of carbonyl (C=O) groups is 1. The van der Waals surface area contributed by atoms with Crippen LogP contribution < -0.4 is 9.47 Å². The lowest BCUT2D eigenvalue weighted by Crippen LogP contribution is -2.29. The van der Waals surface area contributed by atoms with Crippen LogP contribution >= 0.6 is 11.3 Å². The normalized spacial score (nSPS) is 11.8. The molecule has 0 bridgehead atoms. The Morgan fingerprint density at radius 1 is 1.35 bits per heavy atom. The highest BCUT2D eigenvalue weighted by Crippen LogP contribution is 2.23. The molecule has 0 aliphatic heterocycles. The largest absolute Gasteiger partial charge is 0.497 e. The minimum absolute atomic E-state index is 0.115. The molecule has 0 unspecified atom stereocenters. The summed E-state index contributed by atoms with van der Waals surface area (Å²) in [5.74, 6) is 1.23. The fourth-order valence-electron chi connectivity index (χ4n) is 2.36. The van der Waals surface area contributed by atoms with Gasteiger partial charge in [-0.1, -0.05) is 6.07 Å². The quantitative estimate of drug-likeness (QED) is 0.688. The maximum absolute atomic E-state index is 12.6. The number of hydrogen-bond acceptors (Lipinski definition) is 6.